The standard InChI is InChI=1S/C24H22N4O2S/c1-2-17-10-12-18(13-11-17)23(29)26-27-24(30)20-7-3-4-8-21(20)31-16-19-15-28-14-6-5-9-22(28)25-19/h3-15H,2,16H2,1H3,(H,26,29)(H,27,30). The Labute approximate surface area is 184 Å². The van der Waals surface area contributed by atoms with E-state index in [-0.39, 0.29) is 11.8 Å². The van der Waals surface area contributed by atoms with E-state index in [0.29, 0.717) is 16.9 Å². The number of benzene rings is 2. The fourth-order valence-corrected chi connectivity index (χ4v) is 4.07. The van der Waals surface area contributed by atoms with Crippen LogP contribution in [0.1, 0.15) is 38.9 Å². The molecule has 2 aromatic heterocycles. The lowest BCUT2D eigenvalue weighted by Gasteiger charge is -2.11. The molecule has 2 aromatic carbocycles. The van der Waals surface area contributed by atoms with Crippen LogP contribution in [0.5, 0.6) is 0 Å². The van der Waals surface area contributed by atoms with Crippen LogP contribution in [-0.4, -0.2) is 21.2 Å². The number of imidazole rings is 1. The van der Waals surface area contributed by atoms with Gasteiger partial charge >= 0.3 is 0 Å². The molecule has 2 heterocycles. The van der Waals surface area contributed by atoms with Gasteiger partial charge in [-0.25, -0.2) is 4.98 Å². The van der Waals surface area contributed by atoms with Gasteiger partial charge in [-0.2, -0.15) is 0 Å². The molecular weight excluding hydrogens is 408 g/mol. The molecule has 0 saturated heterocycles. The van der Waals surface area contributed by atoms with Crippen molar-refractivity contribution in [3.05, 3.63) is 102 Å². The van der Waals surface area contributed by atoms with Gasteiger partial charge in [0.15, 0.2) is 0 Å². The van der Waals surface area contributed by atoms with Crippen molar-refractivity contribution in [3.63, 3.8) is 0 Å². The molecule has 2 amide bonds. The lowest BCUT2D eigenvalue weighted by molar-refractivity contribution is 0.0845. The van der Waals surface area contributed by atoms with E-state index < -0.39 is 0 Å². The van der Waals surface area contributed by atoms with Crippen molar-refractivity contribution in [1.82, 2.24) is 20.2 Å². The molecule has 0 bridgehead atoms. The van der Waals surface area contributed by atoms with Crippen molar-refractivity contribution in [2.75, 3.05) is 0 Å². The largest absolute Gasteiger partial charge is 0.307 e. The number of hydrazine groups is 1. The summed E-state index contributed by atoms with van der Waals surface area (Å²) in [6, 6.07) is 20.5. The molecule has 0 saturated carbocycles. The zero-order valence-electron chi connectivity index (χ0n) is 17.0. The third-order valence-corrected chi connectivity index (χ3v) is 5.94. The summed E-state index contributed by atoms with van der Waals surface area (Å²) in [5.41, 5.74) is 8.96. The van der Waals surface area contributed by atoms with Gasteiger partial charge in [0.05, 0.1) is 11.3 Å². The Morgan fingerprint density at radius 2 is 1.68 bits per heavy atom. The van der Waals surface area contributed by atoms with Crippen molar-refractivity contribution in [2.24, 2.45) is 0 Å². The van der Waals surface area contributed by atoms with Gasteiger partial charge in [-0.3, -0.25) is 20.4 Å². The number of nitrogens with one attached hydrogen (secondary N) is 2. The molecular formula is C24H22N4O2S. The Hall–Kier alpha value is -3.58. The number of hydrogen-bond donors (Lipinski definition) is 2. The van der Waals surface area contributed by atoms with E-state index in [2.05, 4.69) is 22.8 Å². The number of carbonyl (C=O) groups excluding carboxylic acids is 2. The molecule has 4 rings (SSSR count). The fraction of sp³-hybridized carbons (Fsp3) is 0.125. The summed E-state index contributed by atoms with van der Waals surface area (Å²) in [6.07, 6.45) is 4.84. The number of pyridine rings is 1. The first-order chi connectivity index (χ1) is 15.1. The van der Waals surface area contributed by atoms with Crippen molar-refractivity contribution in [1.29, 1.82) is 0 Å². The fourth-order valence-electron chi connectivity index (χ4n) is 3.13. The molecule has 6 nitrogen and oxygen atoms in total. The van der Waals surface area contributed by atoms with E-state index in [1.807, 2.05) is 59.3 Å². The molecule has 4 aromatic rings. The number of rotatable bonds is 6. The van der Waals surface area contributed by atoms with Crippen LogP contribution in [0, 0.1) is 0 Å². The van der Waals surface area contributed by atoms with Crippen LogP contribution >= 0.6 is 11.8 Å². The summed E-state index contributed by atoms with van der Waals surface area (Å²) >= 11 is 1.53. The molecule has 0 aliphatic carbocycles. The topological polar surface area (TPSA) is 75.5 Å². The third-order valence-electron chi connectivity index (χ3n) is 4.84. The van der Waals surface area contributed by atoms with E-state index >= 15 is 0 Å². The first kappa shape index (κ1) is 20.7. The monoisotopic (exact) mass is 430 g/mol. The third kappa shape index (κ3) is 4.95. The molecule has 7 heteroatoms. The molecule has 0 radical (unpaired) electrons. The Bertz CT molecular complexity index is 1180. The van der Waals surface area contributed by atoms with Crippen molar-refractivity contribution < 1.29 is 9.59 Å². The summed E-state index contributed by atoms with van der Waals surface area (Å²) in [7, 11) is 0. The minimum Gasteiger partial charge on any atom is -0.307 e. The van der Waals surface area contributed by atoms with Crippen LogP contribution in [0.2, 0.25) is 0 Å². The van der Waals surface area contributed by atoms with Crippen LogP contribution in [-0.2, 0) is 12.2 Å². The molecule has 0 unspecified atom stereocenters. The van der Waals surface area contributed by atoms with Crippen molar-refractivity contribution >= 4 is 29.2 Å². The summed E-state index contributed by atoms with van der Waals surface area (Å²) in [5.74, 6) is -0.0928. The quantitative estimate of drug-likeness (QED) is 0.354. The minimum atomic E-state index is -0.364. The van der Waals surface area contributed by atoms with Gasteiger partial charge in [0.2, 0.25) is 0 Å². The maximum atomic E-state index is 12.7. The predicted molar refractivity (Wildman–Crippen MR) is 122 cm³/mol. The normalized spacial score (nSPS) is 10.7. The van der Waals surface area contributed by atoms with E-state index in [0.717, 1.165) is 28.2 Å². The molecule has 0 aliphatic heterocycles. The van der Waals surface area contributed by atoms with Gasteiger partial charge in [0.25, 0.3) is 11.8 Å². The van der Waals surface area contributed by atoms with Gasteiger partial charge in [-0.1, -0.05) is 37.3 Å². The number of amides is 2. The molecule has 0 fully saturated rings. The predicted octanol–water partition coefficient (Wildman–Crippen LogP) is 4.26. The van der Waals surface area contributed by atoms with Gasteiger partial charge in [0, 0.05) is 28.6 Å². The zero-order chi connectivity index (χ0) is 21.6. The van der Waals surface area contributed by atoms with E-state index in [1.165, 1.54) is 11.8 Å². The van der Waals surface area contributed by atoms with Crippen LogP contribution in [0.15, 0.2) is 84.0 Å². The zero-order valence-corrected chi connectivity index (χ0v) is 17.9. The first-order valence-electron chi connectivity index (χ1n) is 9.98. The molecule has 0 atom stereocenters. The maximum absolute atomic E-state index is 12.7. The number of carbonyl (C=O) groups is 2. The average Bonchev–Trinajstić information content (AvgIpc) is 3.24. The number of aromatic nitrogens is 2. The van der Waals surface area contributed by atoms with Crippen LogP contribution in [0.4, 0.5) is 0 Å². The first-order valence-corrected chi connectivity index (χ1v) is 11.0. The van der Waals surface area contributed by atoms with Gasteiger partial charge in [-0.15, -0.1) is 11.8 Å². The van der Waals surface area contributed by atoms with Crippen LogP contribution in [0.25, 0.3) is 5.65 Å². The second-order valence-corrected chi connectivity index (χ2v) is 7.96. The molecule has 2 N–H and O–H groups in total. The Balaban J connectivity index is 1.39. The lowest BCUT2D eigenvalue weighted by Crippen LogP contribution is -2.41. The highest BCUT2D eigenvalue weighted by atomic mass is 32.2. The van der Waals surface area contributed by atoms with Crippen LogP contribution in [0.3, 0.4) is 0 Å². The minimum absolute atomic E-state index is 0.356. The summed E-state index contributed by atoms with van der Waals surface area (Å²) in [6.45, 7) is 2.06. The average molecular weight is 431 g/mol. The molecule has 31 heavy (non-hydrogen) atoms. The number of fused-ring (bicyclic) bond motifs is 1. The summed E-state index contributed by atoms with van der Waals surface area (Å²) in [5, 5.41) is 0. The Morgan fingerprint density at radius 1 is 0.935 bits per heavy atom. The highest BCUT2D eigenvalue weighted by Gasteiger charge is 2.14. The second kappa shape index (κ2) is 9.49. The lowest BCUT2D eigenvalue weighted by atomic mass is 10.1. The van der Waals surface area contributed by atoms with E-state index in [1.54, 1.807) is 24.3 Å². The Morgan fingerprint density at radius 3 is 2.45 bits per heavy atom. The van der Waals surface area contributed by atoms with E-state index in [4.69, 9.17) is 0 Å². The summed E-state index contributed by atoms with van der Waals surface area (Å²) < 4.78 is 1.97. The molecule has 156 valence electrons. The number of thioether (sulfide) groups is 1. The highest BCUT2D eigenvalue weighted by Crippen LogP contribution is 2.26. The van der Waals surface area contributed by atoms with Gasteiger partial charge < -0.3 is 4.40 Å². The molecule has 0 aliphatic rings. The number of nitrogens with zero attached hydrogens (tertiary/aromatic N) is 2. The smallest absolute Gasteiger partial charge is 0.270 e. The van der Waals surface area contributed by atoms with Crippen molar-refractivity contribution in [2.45, 2.75) is 24.0 Å². The van der Waals surface area contributed by atoms with Crippen LogP contribution < -0.4 is 10.9 Å². The Kier molecular flexibility index (Phi) is 6.33. The molecule has 0 spiro atoms. The maximum Gasteiger partial charge on any atom is 0.270 e. The van der Waals surface area contributed by atoms with Crippen molar-refractivity contribution in [3.8, 4) is 0 Å². The summed E-state index contributed by atoms with van der Waals surface area (Å²) in [4.78, 5) is 30.4. The van der Waals surface area contributed by atoms with Gasteiger partial charge in [0.1, 0.15) is 5.65 Å². The van der Waals surface area contributed by atoms with E-state index in [9.17, 15) is 9.59 Å². The number of aryl methyl sites for hydroxylation is 1. The van der Waals surface area contributed by atoms with Gasteiger partial charge in [-0.05, 0) is 48.4 Å². The SMILES string of the molecule is CCc1ccc(C(=O)NNC(=O)c2ccccc2SCc2cn3ccccc3n2)cc1. The second-order valence-electron chi connectivity index (χ2n) is 6.94. The highest BCUT2D eigenvalue weighted by molar-refractivity contribution is 7.98. The number of hydrogen-bond acceptors (Lipinski definition) is 4.